The number of benzene rings is 1. The number of nitrogens with zero attached hydrogens (tertiary/aromatic N) is 5. The van der Waals surface area contributed by atoms with Gasteiger partial charge >= 0.3 is 0 Å². The minimum atomic E-state index is 0.0148. The van der Waals surface area contributed by atoms with Gasteiger partial charge in [0.2, 0.25) is 0 Å². The van der Waals surface area contributed by atoms with Crippen LogP contribution in [0.4, 0.5) is 0 Å². The summed E-state index contributed by atoms with van der Waals surface area (Å²) in [5, 5.41) is 6.40. The van der Waals surface area contributed by atoms with Gasteiger partial charge in [-0.3, -0.25) is 9.36 Å². The van der Waals surface area contributed by atoms with Crippen molar-refractivity contribution in [3.63, 3.8) is 0 Å². The lowest BCUT2D eigenvalue weighted by molar-refractivity contribution is 0.689. The Balaban J connectivity index is 1.57. The third kappa shape index (κ3) is 3.22. The molecule has 4 aromatic rings. The van der Waals surface area contributed by atoms with Crippen LogP contribution in [-0.2, 0) is 19.8 Å². The lowest BCUT2D eigenvalue weighted by Gasteiger charge is -2.10. The lowest BCUT2D eigenvalue weighted by atomic mass is 10.1. The smallest absolute Gasteiger partial charge is 0.257 e. The summed E-state index contributed by atoms with van der Waals surface area (Å²) in [5.41, 5.74) is 5.54. The predicted molar refractivity (Wildman–Crippen MR) is 112 cm³/mol. The highest BCUT2D eigenvalue weighted by Gasteiger charge is 2.12. The molecule has 0 radical (unpaired) electrons. The van der Waals surface area contributed by atoms with Gasteiger partial charge < -0.3 is 0 Å². The standard InChI is InChI=1S/C21H21N5OS/c1-13-14(2)23-21(25(3)20(13)27)28-12-15-7-9-16(10-8-15)18-17-6-5-11-22-19(17)26(4)24-18/h5-11H,12H2,1-4H3. The first-order valence-electron chi connectivity index (χ1n) is 9.00. The number of aromatic nitrogens is 5. The van der Waals surface area contributed by atoms with E-state index in [4.69, 9.17) is 0 Å². The second kappa shape index (κ2) is 7.24. The minimum Gasteiger partial charge on any atom is -0.291 e. The maximum absolute atomic E-state index is 12.2. The molecule has 6 nitrogen and oxygen atoms in total. The van der Waals surface area contributed by atoms with Crippen molar-refractivity contribution >= 4 is 22.8 Å². The van der Waals surface area contributed by atoms with Crippen molar-refractivity contribution in [2.75, 3.05) is 0 Å². The summed E-state index contributed by atoms with van der Waals surface area (Å²) in [4.78, 5) is 21.2. The van der Waals surface area contributed by atoms with Crippen LogP contribution in [0.2, 0.25) is 0 Å². The van der Waals surface area contributed by atoms with Crippen LogP contribution in [-0.4, -0.2) is 24.3 Å². The predicted octanol–water partition coefficient (Wildman–Crippen LogP) is 3.64. The summed E-state index contributed by atoms with van der Waals surface area (Å²) in [6.07, 6.45) is 1.78. The molecule has 0 saturated carbocycles. The zero-order valence-electron chi connectivity index (χ0n) is 16.3. The highest BCUT2D eigenvalue weighted by molar-refractivity contribution is 7.98. The Morgan fingerprint density at radius 1 is 1.07 bits per heavy atom. The lowest BCUT2D eigenvalue weighted by Crippen LogP contribution is -2.23. The Labute approximate surface area is 167 Å². The number of aryl methyl sites for hydroxylation is 2. The third-order valence-corrected chi connectivity index (χ3v) is 6.01. The van der Waals surface area contributed by atoms with Crippen molar-refractivity contribution in [1.82, 2.24) is 24.3 Å². The van der Waals surface area contributed by atoms with E-state index in [1.807, 2.05) is 33.0 Å². The van der Waals surface area contributed by atoms with Crippen LogP contribution in [0.1, 0.15) is 16.8 Å². The average Bonchev–Trinajstić information content (AvgIpc) is 3.05. The Bertz CT molecular complexity index is 1220. The van der Waals surface area contributed by atoms with E-state index in [2.05, 4.69) is 39.3 Å². The summed E-state index contributed by atoms with van der Waals surface area (Å²) < 4.78 is 3.43. The van der Waals surface area contributed by atoms with Crippen LogP contribution in [0.5, 0.6) is 0 Å². The summed E-state index contributed by atoms with van der Waals surface area (Å²) in [6, 6.07) is 12.3. The molecule has 28 heavy (non-hydrogen) atoms. The molecule has 4 rings (SSSR count). The molecular weight excluding hydrogens is 370 g/mol. The third-order valence-electron chi connectivity index (χ3n) is 4.91. The normalized spacial score (nSPS) is 11.3. The van der Waals surface area contributed by atoms with Crippen LogP contribution in [0.25, 0.3) is 22.3 Å². The molecule has 0 unspecified atom stereocenters. The van der Waals surface area contributed by atoms with Crippen molar-refractivity contribution in [3.8, 4) is 11.3 Å². The molecule has 3 aromatic heterocycles. The molecule has 0 fully saturated rings. The first-order chi connectivity index (χ1) is 13.5. The minimum absolute atomic E-state index is 0.0148. The molecule has 0 amide bonds. The second-order valence-electron chi connectivity index (χ2n) is 6.80. The summed E-state index contributed by atoms with van der Waals surface area (Å²) in [7, 11) is 3.68. The molecule has 0 bridgehead atoms. The van der Waals surface area contributed by atoms with E-state index in [9.17, 15) is 4.79 Å². The Morgan fingerprint density at radius 3 is 2.57 bits per heavy atom. The fourth-order valence-electron chi connectivity index (χ4n) is 3.14. The van der Waals surface area contributed by atoms with Crippen LogP contribution in [0.3, 0.4) is 0 Å². The van der Waals surface area contributed by atoms with Gasteiger partial charge in [-0.25, -0.2) is 14.6 Å². The van der Waals surface area contributed by atoms with Crippen LogP contribution in [0, 0.1) is 13.8 Å². The largest absolute Gasteiger partial charge is 0.291 e. The average molecular weight is 392 g/mol. The quantitative estimate of drug-likeness (QED) is 0.393. The van der Waals surface area contributed by atoms with Gasteiger partial charge in [-0.2, -0.15) is 5.10 Å². The molecule has 0 N–H and O–H groups in total. The Morgan fingerprint density at radius 2 is 1.82 bits per heavy atom. The van der Waals surface area contributed by atoms with Crippen molar-refractivity contribution in [3.05, 3.63) is 69.8 Å². The molecular formula is C21H21N5OS. The molecule has 3 heterocycles. The summed E-state index contributed by atoms with van der Waals surface area (Å²) in [6.45, 7) is 3.69. The highest BCUT2D eigenvalue weighted by atomic mass is 32.2. The monoisotopic (exact) mass is 391 g/mol. The summed E-state index contributed by atoms with van der Waals surface area (Å²) >= 11 is 1.57. The van der Waals surface area contributed by atoms with Crippen LogP contribution >= 0.6 is 11.8 Å². The Kier molecular flexibility index (Phi) is 4.77. The van der Waals surface area contributed by atoms with Gasteiger partial charge in [0.1, 0.15) is 5.69 Å². The highest BCUT2D eigenvalue weighted by Crippen LogP contribution is 2.28. The number of hydrogen-bond donors (Lipinski definition) is 0. The van der Waals surface area contributed by atoms with E-state index in [-0.39, 0.29) is 5.56 Å². The SMILES string of the molecule is Cc1nc(SCc2ccc(-c3nn(C)c4ncccc34)cc2)n(C)c(=O)c1C. The van der Waals surface area contributed by atoms with E-state index in [1.54, 1.807) is 34.3 Å². The van der Waals surface area contributed by atoms with Gasteiger partial charge in [0.25, 0.3) is 5.56 Å². The molecule has 0 aliphatic rings. The first kappa shape index (κ1) is 18.4. The van der Waals surface area contributed by atoms with Crippen LogP contribution < -0.4 is 5.56 Å². The number of fused-ring (bicyclic) bond motifs is 1. The van der Waals surface area contributed by atoms with E-state index in [0.717, 1.165) is 38.9 Å². The van der Waals surface area contributed by atoms with E-state index in [0.29, 0.717) is 5.56 Å². The van der Waals surface area contributed by atoms with E-state index in [1.165, 1.54) is 5.56 Å². The van der Waals surface area contributed by atoms with Gasteiger partial charge in [-0.05, 0) is 31.5 Å². The molecule has 7 heteroatoms. The molecule has 0 spiro atoms. The first-order valence-corrected chi connectivity index (χ1v) is 9.98. The second-order valence-corrected chi connectivity index (χ2v) is 7.74. The number of pyridine rings is 1. The fourth-order valence-corrected chi connectivity index (χ4v) is 4.10. The van der Waals surface area contributed by atoms with Crippen molar-refractivity contribution in [2.24, 2.45) is 14.1 Å². The van der Waals surface area contributed by atoms with Gasteiger partial charge in [-0.1, -0.05) is 36.0 Å². The van der Waals surface area contributed by atoms with Crippen molar-refractivity contribution < 1.29 is 0 Å². The van der Waals surface area contributed by atoms with Crippen molar-refractivity contribution in [1.29, 1.82) is 0 Å². The molecule has 0 aliphatic heterocycles. The van der Waals surface area contributed by atoms with E-state index >= 15 is 0 Å². The van der Waals surface area contributed by atoms with Gasteiger partial charge in [0.05, 0.1) is 0 Å². The molecule has 1 aromatic carbocycles. The van der Waals surface area contributed by atoms with E-state index < -0.39 is 0 Å². The van der Waals surface area contributed by atoms with Gasteiger partial charge in [0, 0.05) is 48.3 Å². The van der Waals surface area contributed by atoms with Crippen molar-refractivity contribution in [2.45, 2.75) is 24.8 Å². The number of rotatable bonds is 4. The van der Waals surface area contributed by atoms with Gasteiger partial charge in [-0.15, -0.1) is 0 Å². The van der Waals surface area contributed by atoms with Gasteiger partial charge in [0.15, 0.2) is 10.8 Å². The van der Waals surface area contributed by atoms with Crippen LogP contribution in [0.15, 0.2) is 52.5 Å². The zero-order chi connectivity index (χ0) is 19.8. The maximum atomic E-state index is 12.2. The fraction of sp³-hybridized carbons (Fsp3) is 0.238. The zero-order valence-corrected chi connectivity index (χ0v) is 17.1. The topological polar surface area (TPSA) is 65.6 Å². The molecule has 0 atom stereocenters. The molecule has 0 saturated heterocycles. The number of thioether (sulfide) groups is 1. The molecule has 0 aliphatic carbocycles. The Hall–Kier alpha value is -2.93. The molecule has 142 valence electrons. The summed E-state index contributed by atoms with van der Waals surface area (Å²) in [5.74, 6) is 0.744. The number of hydrogen-bond acceptors (Lipinski definition) is 5. The maximum Gasteiger partial charge on any atom is 0.257 e.